The Morgan fingerprint density at radius 2 is 1.07 bits per heavy atom. The van der Waals surface area contributed by atoms with E-state index < -0.39 is 184 Å². The summed E-state index contributed by atoms with van der Waals surface area (Å²) in [4.78, 5) is 155. The number of hydrogen-bond acceptors (Lipinski definition) is 35. The number of hydrogen-bond donors (Lipinski definition) is 12. The topological polar surface area (TPSA) is 566 Å². The van der Waals surface area contributed by atoms with E-state index in [1.807, 2.05) is 13.8 Å². The summed E-state index contributed by atoms with van der Waals surface area (Å²) in [5.41, 5.74) is 7.16. The van der Waals surface area contributed by atoms with Crippen LogP contribution in [0, 0.1) is 25.7 Å². The first kappa shape index (κ1) is 84.5. The van der Waals surface area contributed by atoms with Crippen molar-refractivity contribution in [2.45, 2.75) is 166 Å². The number of imidazole rings is 2. The number of nitrogens with zero attached hydrogens (tertiary/aromatic N) is 10. The number of ether oxygens (including phenoxy) is 5. The first-order valence-corrected chi connectivity index (χ1v) is 47.8. The summed E-state index contributed by atoms with van der Waals surface area (Å²) in [7, 11) is 0. The number of rotatable bonds is 32. The van der Waals surface area contributed by atoms with E-state index in [1.165, 1.54) is 64.9 Å². The Labute approximate surface area is 651 Å². The molecule has 604 valence electrons. The zero-order chi connectivity index (χ0) is 79.5. The molecule has 12 rings (SSSR count). The van der Waals surface area contributed by atoms with Crippen LogP contribution in [0.25, 0.3) is 22.3 Å². The van der Waals surface area contributed by atoms with Gasteiger partial charge in [-0.15, -0.1) is 0 Å². The maximum Gasteiger partial charge on any atom is 0.386 e. The van der Waals surface area contributed by atoms with E-state index in [9.17, 15) is 52.8 Å². The third-order valence-corrected chi connectivity index (χ3v) is 27.1. The van der Waals surface area contributed by atoms with Crippen LogP contribution in [-0.4, -0.2) is 176 Å². The zero-order valence-electron chi connectivity index (χ0n) is 58.8. The summed E-state index contributed by atoms with van der Waals surface area (Å²) in [5.74, 6) is -0.705. The number of anilines is 3. The van der Waals surface area contributed by atoms with Crippen LogP contribution in [0.2, 0.25) is 0 Å². The van der Waals surface area contributed by atoms with E-state index in [4.69, 9.17) is 133 Å². The number of aryl methyl sites for hydroxylation is 2. The number of thiol groups is 2. The highest BCUT2D eigenvalue weighted by Crippen LogP contribution is 2.61. The minimum atomic E-state index is -4.73. The predicted molar refractivity (Wildman–Crippen MR) is 411 cm³/mol. The van der Waals surface area contributed by atoms with Crippen LogP contribution < -0.4 is 56.5 Å². The van der Waals surface area contributed by atoms with Crippen molar-refractivity contribution in [1.82, 2.24) is 67.7 Å². The van der Waals surface area contributed by atoms with Gasteiger partial charge in [-0.1, -0.05) is 38.3 Å². The van der Waals surface area contributed by atoms with E-state index in [2.05, 4.69) is 69.4 Å². The molecule has 19 atom stereocenters. The number of nitrogens with two attached hydrogens (primary N) is 3. The maximum atomic E-state index is 14.8. The number of aromatic amines is 4. The fourth-order valence-corrected chi connectivity index (χ4v) is 21.5. The minimum absolute atomic E-state index is 0.0159. The normalized spacial score (nSPS) is 28.6. The number of aromatic nitrogens is 14. The molecule has 5 aliphatic rings. The summed E-state index contributed by atoms with van der Waals surface area (Å²) in [6.45, 7) is -10.3. The SMILES string of the molecule is Cc1cn([C@H]2CC(CCOP(O)(=S)OC3C[C@H](n4cnc5c(=O)[nH]c(N)nc54)O[C@@H]3COP(=O)(S)OC3C[C@H](n4cc(C)c(=O)[nH]c4=O)O[C@@H]3COP(=S)(S)OC3C[C@H](n4cnc5c(=O)[nH]c(N)nc54)O[C@@H]3COP(O)(=S)OC(C)C)(OP(O)(=S)OC[C@H]3O[C@@H](n4ccc(N)nc4=O)CC3C(C)C)CO2)c(=O)[nH]c1=O. The van der Waals surface area contributed by atoms with Gasteiger partial charge in [0, 0.05) is 61.8 Å². The Morgan fingerprint density at radius 3 is 1.62 bits per heavy atom. The van der Waals surface area contributed by atoms with E-state index >= 15 is 0 Å². The molecule has 7 aromatic rings. The monoisotopic (exact) mass is 1750 g/mol. The van der Waals surface area contributed by atoms with Crippen LogP contribution in [0.4, 0.5) is 17.7 Å². The smallest absolute Gasteiger partial charge is 0.383 e. The fourth-order valence-electron chi connectivity index (χ4n) is 13.1. The third-order valence-electron chi connectivity index (χ3n) is 18.2. The molecule has 5 fully saturated rings. The number of fused-ring (bicyclic) bond motifs is 2. The van der Waals surface area contributed by atoms with Crippen molar-refractivity contribution in [3.8, 4) is 0 Å². The number of nitrogen functional groups attached to an aromatic ring is 3. The van der Waals surface area contributed by atoms with Gasteiger partial charge in [0.15, 0.2) is 22.3 Å². The average molecular weight is 1750 g/mol. The van der Waals surface area contributed by atoms with Crippen molar-refractivity contribution in [2.24, 2.45) is 11.8 Å². The quantitative estimate of drug-likeness (QED) is 0.0213. The molecule has 43 nitrogen and oxygen atoms in total. The molecule has 7 aromatic heterocycles. The number of nitrogens with one attached hydrogen (secondary N) is 4. The molecule has 0 bridgehead atoms. The Kier molecular flexibility index (Phi) is 26.0. The summed E-state index contributed by atoms with van der Waals surface area (Å²) in [6, 6.07) is 1.45. The fraction of sp³-hybridized carbons (Fsp3) is 0.607. The van der Waals surface area contributed by atoms with E-state index in [0.29, 0.717) is 6.42 Å². The number of H-pyrrole nitrogens is 4. The average Bonchev–Trinajstić information content (AvgIpc) is 1.64. The molecular formula is C56H78N17O26P5S6. The third kappa shape index (κ3) is 20.1. The highest BCUT2D eigenvalue weighted by molar-refractivity contribution is 8.60. The van der Waals surface area contributed by atoms with Crippen molar-refractivity contribution in [3.05, 3.63) is 121 Å². The first-order chi connectivity index (χ1) is 51.6. The Hall–Kier alpha value is -4.85. The maximum absolute atomic E-state index is 14.8. The molecule has 0 saturated carbocycles. The lowest BCUT2D eigenvalue weighted by Gasteiger charge is -2.33. The van der Waals surface area contributed by atoms with E-state index in [-0.39, 0.29) is 108 Å². The lowest BCUT2D eigenvalue weighted by Crippen LogP contribution is -2.36. The highest BCUT2D eigenvalue weighted by atomic mass is 32.9. The first-order valence-electron chi connectivity index (χ1n) is 33.6. The van der Waals surface area contributed by atoms with Crippen molar-refractivity contribution < 1.29 is 88.2 Å². The van der Waals surface area contributed by atoms with E-state index in [1.54, 1.807) is 13.8 Å². The Morgan fingerprint density at radius 1 is 0.591 bits per heavy atom. The molecule has 13 N–H and O–H groups in total. The highest BCUT2D eigenvalue weighted by Gasteiger charge is 2.50. The van der Waals surface area contributed by atoms with Crippen LogP contribution in [0.3, 0.4) is 0 Å². The van der Waals surface area contributed by atoms with E-state index in [0.717, 1.165) is 9.13 Å². The zero-order valence-corrected chi connectivity index (χ0v) is 68.3. The van der Waals surface area contributed by atoms with Gasteiger partial charge in [-0.05, 0) is 99.2 Å². The molecule has 12 heterocycles. The van der Waals surface area contributed by atoms with Gasteiger partial charge < -0.3 is 87.2 Å². The van der Waals surface area contributed by atoms with Gasteiger partial charge in [-0.25, -0.2) is 28.9 Å². The molecule has 0 radical (unpaired) electrons. The van der Waals surface area contributed by atoms with Crippen LogP contribution >= 0.6 is 57.1 Å². The molecule has 0 spiro atoms. The predicted octanol–water partition coefficient (Wildman–Crippen LogP) is 2.97. The largest absolute Gasteiger partial charge is 0.386 e. The summed E-state index contributed by atoms with van der Waals surface area (Å²) >= 11 is 31.4. The minimum Gasteiger partial charge on any atom is -0.383 e. The van der Waals surface area contributed by atoms with Crippen LogP contribution in [-0.2, 0) is 121 Å². The lowest BCUT2D eigenvalue weighted by molar-refractivity contribution is -0.0491. The van der Waals surface area contributed by atoms with Crippen molar-refractivity contribution in [1.29, 1.82) is 0 Å². The van der Waals surface area contributed by atoms with Crippen molar-refractivity contribution in [2.75, 3.05) is 56.8 Å². The van der Waals surface area contributed by atoms with Crippen LogP contribution in [0.15, 0.2) is 70.9 Å². The second kappa shape index (κ2) is 33.8. The van der Waals surface area contributed by atoms with Crippen molar-refractivity contribution >= 4 is 144 Å². The molecular weight excluding hydrogens is 1670 g/mol. The molecule has 5 aliphatic heterocycles. The summed E-state index contributed by atoms with van der Waals surface area (Å²) in [5, 5.41) is 0. The molecule has 0 aromatic carbocycles. The summed E-state index contributed by atoms with van der Waals surface area (Å²) in [6.07, 6.45) is -8.42. The molecule has 0 aliphatic carbocycles. The lowest BCUT2D eigenvalue weighted by atomic mass is 9.89. The van der Waals surface area contributed by atoms with Gasteiger partial charge in [0.05, 0.1) is 76.7 Å². The molecule has 0 amide bonds. The Balaban J connectivity index is 0.756. The van der Waals surface area contributed by atoms with Gasteiger partial charge in [-0.2, -0.15) is 15.0 Å². The van der Waals surface area contributed by atoms with Crippen LogP contribution in [0.5, 0.6) is 0 Å². The molecule has 5 saturated heterocycles. The molecule has 54 heteroatoms. The van der Waals surface area contributed by atoms with Gasteiger partial charge in [0.2, 0.25) is 17.6 Å². The van der Waals surface area contributed by atoms with Gasteiger partial charge in [-0.3, -0.25) is 75.5 Å². The standard InChI is InChI=1S/C56H78N17O26P5S6/c1-25(2)29-11-38(69-9-7-37(57)62-53(69)78)91-33(29)18-89-103(84,108)99-56(15-42(85-22-56)71-17-28(6)48(75)68-55(71)80)8-10-86-100(81,105)96-31-13-40(72-23-60-43-45(72)63-51(58)65-49(43)76)93-34(31)19-88-102(83,107)97-30-12-39(70-16-27(5)47(74)67-54(70)79)92-36(30)21-90-104(109,110)98-32-14-41(94-35(32)20-87-101(82,106)95-26(3)4)73-24-61-44-46(73)64-52(59)66-50(44)77/h7,9,16-17,23-26,29-36,38-42H,8,10-15,18-22H2,1-6H3,(H,81,105)(H,82,106)(H,83,107)(H,84,108)(H,109,110)(H2,57,62,78)(H,67,74,79)(H,68,75,80)(H3,58,63,65,76)(H3,59,64,66,77)/t29?,30?,31?,32?,33-,34-,35-,36-,38-,39-,40-,41-,42-,56?,100?,101?,102?,103?/m1/s1. The van der Waals surface area contributed by atoms with Gasteiger partial charge >= 0.3 is 44.0 Å². The van der Waals surface area contributed by atoms with Crippen LogP contribution in [0.1, 0.15) is 108 Å². The summed E-state index contributed by atoms with van der Waals surface area (Å²) < 4.78 is 113. The molecule has 110 heavy (non-hydrogen) atoms. The van der Waals surface area contributed by atoms with Crippen molar-refractivity contribution in [3.63, 3.8) is 0 Å². The second-order valence-corrected chi connectivity index (χ2v) is 43.3. The molecule has 10 unspecified atom stereocenters. The van der Waals surface area contributed by atoms with Gasteiger partial charge in [0.25, 0.3) is 22.2 Å². The van der Waals surface area contributed by atoms with Gasteiger partial charge in [0.1, 0.15) is 67.0 Å². The Bertz CT molecular complexity index is 5320. The second-order valence-electron chi connectivity index (χ2n) is 26.9.